The molecule has 3 N–H and O–H groups in total. The van der Waals surface area contributed by atoms with Crippen LogP contribution in [0.15, 0.2) is 47.4 Å². The predicted molar refractivity (Wildman–Crippen MR) is 120 cm³/mol. The van der Waals surface area contributed by atoms with Crippen LogP contribution in [0.2, 0.25) is 0 Å². The zero-order valence-electron chi connectivity index (χ0n) is 18.7. The van der Waals surface area contributed by atoms with Gasteiger partial charge < -0.3 is 29.7 Å². The number of hydrogen-bond donors (Lipinski definition) is 3. The van der Waals surface area contributed by atoms with Crippen molar-refractivity contribution in [3.63, 3.8) is 0 Å². The second-order valence-corrected chi connectivity index (χ2v) is 8.02. The zero-order chi connectivity index (χ0) is 23.2. The Hall–Kier alpha value is -3.66. The van der Waals surface area contributed by atoms with Gasteiger partial charge in [0.05, 0.1) is 18.2 Å². The van der Waals surface area contributed by atoms with Crippen LogP contribution in [0, 0.1) is 5.92 Å². The number of hydrogen-bond acceptors (Lipinski definition) is 7. The number of amides is 2. The average molecular weight is 453 g/mol. The summed E-state index contributed by atoms with van der Waals surface area (Å²) in [6.45, 7) is 1.99. The molecule has 33 heavy (non-hydrogen) atoms. The van der Waals surface area contributed by atoms with Crippen molar-refractivity contribution >= 4 is 11.8 Å². The fraction of sp³-hybridized carbons (Fsp3) is 0.391. The van der Waals surface area contributed by atoms with Crippen LogP contribution in [0.3, 0.4) is 0 Å². The highest BCUT2D eigenvalue weighted by molar-refractivity contribution is 5.96. The van der Waals surface area contributed by atoms with Gasteiger partial charge in [0, 0.05) is 20.3 Å². The van der Waals surface area contributed by atoms with Crippen molar-refractivity contribution in [2.75, 3.05) is 20.1 Å². The Kier molecular flexibility index (Phi) is 7.04. The minimum Gasteiger partial charge on any atom is -0.486 e. The van der Waals surface area contributed by atoms with Gasteiger partial charge in [0.2, 0.25) is 5.91 Å². The zero-order valence-corrected chi connectivity index (χ0v) is 18.7. The molecule has 1 aliphatic heterocycles. The van der Waals surface area contributed by atoms with E-state index in [0.717, 1.165) is 31.6 Å². The molecule has 10 nitrogen and oxygen atoms in total. The molecule has 1 unspecified atom stereocenters. The van der Waals surface area contributed by atoms with E-state index < -0.39 is 11.9 Å². The Bertz CT molecular complexity index is 1080. The SMILES string of the molecule is CNC(=O)C(NC(=O)c1ccc(-c2ccc(OCc3cn(C)cn3)cn2)o1)C1CCNCC1. The third kappa shape index (κ3) is 5.58. The fourth-order valence-corrected chi connectivity index (χ4v) is 3.85. The highest BCUT2D eigenvalue weighted by atomic mass is 16.5. The highest BCUT2D eigenvalue weighted by Crippen LogP contribution is 2.23. The first kappa shape index (κ1) is 22.5. The van der Waals surface area contributed by atoms with Crippen LogP contribution in [-0.4, -0.2) is 52.5 Å². The number of piperidine rings is 1. The highest BCUT2D eigenvalue weighted by Gasteiger charge is 2.31. The molecule has 3 aromatic heterocycles. The first-order valence-electron chi connectivity index (χ1n) is 10.9. The molecular formula is C23H28N6O4. The van der Waals surface area contributed by atoms with Crippen LogP contribution >= 0.6 is 0 Å². The van der Waals surface area contributed by atoms with Gasteiger partial charge in [0.15, 0.2) is 11.5 Å². The third-order valence-corrected chi connectivity index (χ3v) is 5.63. The summed E-state index contributed by atoms with van der Waals surface area (Å²) in [6.07, 6.45) is 6.84. The van der Waals surface area contributed by atoms with Crippen LogP contribution in [0.1, 0.15) is 29.1 Å². The van der Waals surface area contributed by atoms with Gasteiger partial charge in [0.1, 0.15) is 24.1 Å². The van der Waals surface area contributed by atoms with E-state index in [1.54, 1.807) is 43.8 Å². The number of imidazole rings is 1. The number of ether oxygens (including phenoxy) is 1. The van der Waals surface area contributed by atoms with Crippen molar-refractivity contribution < 1.29 is 18.7 Å². The van der Waals surface area contributed by atoms with Crippen LogP contribution in [0.25, 0.3) is 11.5 Å². The summed E-state index contributed by atoms with van der Waals surface area (Å²) >= 11 is 0. The normalized spacial score (nSPS) is 15.1. The van der Waals surface area contributed by atoms with Gasteiger partial charge in [-0.2, -0.15) is 0 Å². The summed E-state index contributed by atoms with van der Waals surface area (Å²) in [6, 6.07) is 6.21. The van der Waals surface area contributed by atoms with Crippen molar-refractivity contribution in [3.05, 3.63) is 54.4 Å². The lowest BCUT2D eigenvalue weighted by Gasteiger charge is -2.29. The van der Waals surface area contributed by atoms with Crippen molar-refractivity contribution in [3.8, 4) is 17.2 Å². The molecule has 0 saturated carbocycles. The Labute approximate surface area is 191 Å². The van der Waals surface area contributed by atoms with Gasteiger partial charge in [0.25, 0.3) is 5.91 Å². The topological polar surface area (TPSA) is 123 Å². The maximum atomic E-state index is 12.8. The second kappa shape index (κ2) is 10.3. The van der Waals surface area contributed by atoms with E-state index in [1.165, 1.54) is 0 Å². The molecule has 4 rings (SSSR count). The minimum absolute atomic E-state index is 0.0740. The van der Waals surface area contributed by atoms with Crippen LogP contribution in [-0.2, 0) is 18.4 Å². The van der Waals surface area contributed by atoms with Gasteiger partial charge in [-0.15, -0.1) is 0 Å². The molecule has 1 aliphatic rings. The van der Waals surface area contributed by atoms with Crippen LogP contribution in [0.5, 0.6) is 5.75 Å². The number of aryl methyl sites for hydroxylation is 1. The number of aromatic nitrogens is 3. The Morgan fingerprint density at radius 3 is 2.73 bits per heavy atom. The summed E-state index contributed by atoms with van der Waals surface area (Å²) in [4.78, 5) is 33.8. The van der Waals surface area contributed by atoms with E-state index in [4.69, 9.17) is 9.15 Å². The summed E-state index contributed by atoms with van der Waals surface area (Å²) in [7, 11) is 3.47. The van der Waals surface area contributed by atoms with Gasteiger partial charge in [-0.05, 0) is 56.1 Å². The molecule has 1 saturated heterocycles. The van der Waals surface area contributed by atoms with Gasteiger partial charge in [-0.3, -0.25) is 9.59 Å². The number of furan rings is 1. The molecule has 0 bridgehead atoms. The number of carbonyl (C=O) groups is 2. The summed E-state index contributed by atoms with van der Waals surface area (Å²) in [5.74, 6) is 0.628. The smallest absolute Gasteiger partial charge is 0.287 e. The maximum Gasteiger partial charge on any atom is 0.287 e. The fourth-order valence-electron chi connectivity index (χ4n) is 3.85. The first-order chi connectivity index (χ1) is 16.0. The van der Waals surface area contributed by atoms with Gasteiger partial charge >= 0.3 is 0 Å². The lowest BCUT2D eigenvalue weighted by molar-refractivity contribution is -0.124. The van der Waals surface area contributed by atoms with Crippen molar-refractivity contribution in [2.45, 2.75) is 25.5 Å². The van der Waals surface area contributed by atoms with E-state index in [9.17, 15) is 9.59 Å². The summed E-state index contributed by atoms with van der Waals surface area (Å²) in [5, 5.41) is 8.76. The van der Waals surface area contributed by atoms with E-state index >= 15 is 0 Å². The minimum atomic E-state index is -0.605. The molecule has 0 radical (unpaired) electrons. The molecule has 0 aromatic carbocycles. The molecule has 1 fully saturated rings. The third-order valence-electron chi connectivity index (χ3n) is 5.63. The van der Waals surface area contributed by atoms with E-state index in [0.29, 0.717) is 23.8 Å². The van der Waals surface area contributed by atoms with Crippen molar-refractivity contribution in [1.82, 2.24) is 30.5 Å². The molecule has 1 atom stereocenters. The molecule has 174 valence electrons. The lowest BCUT2D eigenvalue weighted by Crippen LogP contribution is -2.52. The Balaban J connectivity index is 1.38. The van der Waals surface area contributed by atoms with E-state index in [2.05, 4.69) is 25.9 Å². The van der Waals surface area contributed by atoms with E-state index in [-0.39, 0.29) is 17.6 Å². The summed E-state index contributed by atoms with van der Waals surface area (Å²) < 4.78 is 13.3. The molecule has 0 aliphatic carbocycles. The number of carbonyl (C=O) groups excluding carboxylic acids is 2. The standard InChI is InChI=1S/C23H28N6O4/c1-24-23(31)21(15-7-9-25-10-8-15)28-22(30)20-6-5-19(33-20)18-4-3-17(11-26-18)32-13-16-12-29(2)14-27-16/h3-6,11-12,14-15,21,25H,7-10,13H2,1-2H3,(H,24,31)(H,28,30). The molecule has 2 amide bonds. The van der Waals surface area contributed by atoms with Crippen molar-refractivity contribution in [1.29, 1.82) is 0 Å². The number of likely N-dealkylation sites (N-methyl/N-ethyl adjacent to an activating group) is 1. The molecule has 10 heteroatoms. The molecular weight excluding hydrogens is 424 g/mol. The Morgan fingerprint density at radius 1 is 1.24 bits per heavy atom. The molecule has 0 spiro atoms. The molecule has 3 aromatic rings. The summed E-state index contributed by atoms with van der Waals surface area (Å²) in [5.41, 5.74) is 1.39. The maximum absolute atomic E-state index is 12.8. The number of pyridine rings is 1. The second-order valence-electron chi connectivity index (χ2n) is 8.02. The van der Waals surface area contributed by atoms with Crippen molar-refractivity contribution in [2.24, 2.45) is 13.0 Å². The van der Waals surface area contributed by atoms with Gasteiger partial charge in [-0.1, -0.05) is 0 Å². The van der Waals surface area contributed by atoms with E-state index in [1.807, 2.05) is 17.8 Å². The number of rotatable bonds is 8. The van der Waals surface area contributed by atoms with Crippen LogP contribution in [0.4, 0.5) is 0 Å². The lowest BCUT2D eigenvalue weighted by atomic mass is 9.89. The quantitative estimate of drug-likeness (QED) is 0.473. The number of nitrogens with one attached hydrogen (secondary N) is 3. The first-order valence-corrected chi connectivity index (χ1v) is 10.9. The van der Waals surface area contributed by atoms with Crippen LogP contribution < -0.4 is 20.7 Å². The van der Waals surface area contributed by atoms with Gasteiger partial charge in [-0.25, -0.2) is 9.97 Å². The monoisotopic (exact) mass is 452 g/mol. The largest absolute Gasteiger partial charge is 0.486 e. The average Bonchev–Trinajstić information content (AvgIpc) is 3.51. The predicted octanol–water partition coefficient (Wildman–Crippen LogP) is 1.50. The Morgan fingerprint density at radius 2 is 2.06 bits per heavy atom. The molecule has 4 heterocycles. The number of nitrogens with zero attached hydrogens (tertiary/aromatic N) is 3.